The number of nitrogen functional groups attached to an aromatic ring is 1. The van der Waals surface area contributed by atoms with E-state index in [0.717, 1.165) is 0 Å². The molecule has 1 aliphatic rings. The molecule has 10 nitrogen and oxygen atoms in total. The summed E-state index contributed by atoms with van der Waals surface area (Å²) in [5.41, 5.74) is 6.97. The van der Waals surface area contributed by atoms with Gasteiger partial charge in [-0.1, -0.05) is 0 Å². The van der Waals surface area contributed by atoms with Crippen molar-refractivity contribution in [2.45, 2.75) is 32.4 Å². The van der Waals surface area contributed by atoms with Crippen LogP contribution in [0, 0.1) is 5.92 Å². The average Bonchev–Trinajstić information content (AvgIpc) is 3.25. The van der Waals surface area contributed by atoms with Gasteiger partial charge in [-0.25, -0.2) is 4.98 Å². The van der Waals surface area contributed by atoms with Crippen molar-refractivity contribution in [3.8, 4) is 0 Å². The number of ether oxygens (including phenoxy) is 1. The number of nitrogens with zero attached hydrogens (tertiary/aromatic N) is 4. The van der Waals surface area contributed by atoms with E-state index < -0.39 is 13.9 Å². The van der Waals surface area contributed by atoms with Crippen molar-refractivity contribution in [2.24, 2.45) is 5.92 Å². The number of imidazole rings is 1. The number of rotatable bonds is 8. The zero-order valence-electron chi connectivity index (χ0n) is 13.3. The number of nitrogens with one attached hydrogen (secondary N) is 1. The van der Waals surface area contributed by atoms with E-state index in [9.17, 15) is 4.57 Å². The molecule has 0 saturated heterocycles. The standard InChI is InChI=1S/C13H21N6O4P/c1-8(9-2-3-9)16-11-10-12(18-13(14)17-11)19(6-15-10)4-5-23-7-24(20,21)22/h6,8-9H,2-5,7H2,1H3,(H2,20,21,22)(H3,14,16,17,18). The van der Waals surface area contributed by atoms with Gasteiger partial charge in [-0.05, 0) is 25.7 Å². The number of hydrogen-bond donors (Lipinski definition) is 4. The fourth-order valence-corrected chi connectivity index (χ4v) is 2.87. The van der Waals surface area contributed by atoms with Gasteiger partial charge in [0.1, 0.15) is 6.35 Å². The van der Waals surface area contributed by atoms with Crippen molar-refractivity contribution in [1.29, 1.82) is 0 Å². The second kappa shape index (κ2) is 6.64. The Morgan fingerprint density at radius 2 is 2.25 bits per heavy atom. The molecule has 11 heteroatoms. The molecule has 3 rings (SSSR count). The number of aromatic nitrogens is 4. The topological polar surface area (TPSA) is 148 Å². The lowest BCUT2D eigenvalue weighted by Gasteiger charge is -2.14. The van der Waals surface area contributed by atoms with Gasteiger partial charge in [0.2, 0.25) is 5.95 Å². The maximum atomic E-state index is 10.8. The predicted octanol–water partition coefficient (Wildman–Crippen LogP) is 0.771. The van der Waals surface area contributed by atoms with E-state index in [-0.39, 0.29) is 12.6 Å². The number of fused-ring (bicyclic) bond motifs is 1. The van der Waals surface area contributed by atoms with E-state index in [1.54, 1.807) is 10.9 Å². The second-order valence-corrected chi connectivity index (χ2v) is 7.60. The van der Waals surface area contributed by atoms with E-state index >= 15 is 0 Å². The lowest BCUT2D eigenvalue weighted by atomic mass is 10.2. The van der Waals surface area contributed by atoms with Crippen LogP contribution in [-0.4, -0.2) is 48.3 Å². The Balaban J connectivity index is 1.73. The molecule has 1 unspecified atom stereocenters. The predicted molar refractivity (Wildman–Crippen MR) is 88.4 cm³/mol. The normalized spacial score (nSPS) is 16.5. The monoisotopic (exact) mass is 356 g/mol. The number of anilines is 2. The molecular weight excluding hydrogens is 335 g/mol. The average molecular weight is 356 g/mol. The van der Waals surface area contributed by atoms with Crippen LogP contribution in [0.3, 0.4) is 0 Å². The molecule has 2 aromatic rings. The molecule has 1 atom stereocenters. The van der Waals surface area contributed by atoms with Crippen molar-refractivity contribution in [3.63, 3.8) is 0 Å². The van der Waals surface area contributed by atoms with Gasteiger partial charge in [0.05, 0.1) is 12.9 Å². The molecule has 0 aromatic carbocycles. The zero-order chi connectivity index (χ0) is 17.3. The van der Waals surface area contributed by atoms with Gasteiger partial charge in [0.25, 0.3) is 0 Å². The molecular formula is C13H21N6O4P. The summed E-state index contributed by atoms with van der Waals surface area (Å²) in [5, 5.41) is 3.35. The minimum Gasteiger partial charge on any atom is -0.368 e. The first-order valence-electron chi connectivity index (χ1n) is 7.70. The molecule has 2 aromatic heterocycles. The summed E-state index contributed by atoms with van der Waals surface area (Å²) in [6.07, 6.45) is 3.40. The van der Waals surface area contributed by atoms with Crippen LogP contribution in [0.25, 0.3) is 11.2 Å². The maximum absolute atomic E-state index is 10.8. The third-order valence-corrected chi connectivity index (χ3v) is 4.43. The molecule has 0 radical (unpaired) electrons. The Kier molecular flexibility index (Phi) is 4.73. The molecule has 0 amide bonds. The highest BCUT2D eigenvalue weighted by molar-refractivity contribution is 7.51. The Hall–Kier alpha value is -1.74. The van der Waals surface area contributed by atoms with Crippen LogP contribution < -0.4 is 11.1 Å². The summed E-state index contributed by atoms with van der Waals surface area (Å²) in [6.45, 7) is 2.58. The van der Waals surface area contributed by atoms with Gasteiger partial charge in [0.15, 0.2) is 17.0 Å². The summed E-state index contributed by atoms with van der Waals surface area (Å²) in [6, 6.07) is 0.291. The first-order valence-corrected chi connectivity index (χ1v) is 9.50. The first-order chi connectivity index (χ1) is 11.3. The molecule has 1 fully saturated rings. The Morgan fingerprint density at radius 3 is 2.92 bits per heavy atom. The fraction of sp³-hybridized carbons (Fsp3) is 0.615. The van der Waals surface area contributed by atoms with Crippen molar-refractivity contribution >= 4 is 30.5 Å². The van der Waals surface area contributed by atoms with E-state index in [1.807, 2.05) is 0 Å². The van der Waals surface area contributed by atoms with Gasteiger partial charge in [0, 0.05) is 12.6 Å². The molecule has 0 spiro atoms. The van der Waals surface area contributed by atoms with Crippen molar-refractivity contribution in [1.82, 2.24) is 19.5 Å². The van der Waals surface area contributed by atoms with E-state index in [4.69, 9.17) is 20.3 Å². The molecule has 0 aliphatic heterocycles. The van der Waals surface area contributed by atoms with Gasteiger partial charge < -0.3 is 30.1 Å². The van der Waals surface area contributed by atoms with Crippen LogP contribution in [-0.2, 0) is 15.8 Å². The van der Waals surface area contributed by atoms with Crippen LogP contribution >= 0.6 is 7.60 Å². The molecule has 2 heterocycles. The van der Waals surface area contributed by atoms with Gasteiger partial charge in [-0.3, -0.25) is 4.57 Å². The summed E-state index contributed by atoms with van der Waals surface area (Å²) in [4.78, 5) is 30.3. The van der Waals surface area contributed by atoms with E-state index in [0.29, 0.717) is 35.5 Å². The number of hydrogen-bond acceptors (Lipinski definition) is 7. The highest BCUT2D eigenvalue weighted by atomic mass is 31.2. The fourth-order valence-electron chi connectivity index (χ4n) is 2.50. The molecule has 5 N–H and O–H groups in total. The first kappa shape index (κ1) is 17.1. The summed E-state index contributed by atoms with van der Waals surface area (Å²) >= 11 is 0. The molecule has 0 bridgehead atoms. The molecule has 132 valence electrons. The Bertz CT molecular complexity index is 771. The van der Waals surface area contributed by atoms with Crippen molar-refractivity contribution in [3.05, 3.63) is 6.33 Å². The maximum Gasteiger partial charge on any atom is 0.350 e. The summed E-state index contributed by atoms with van der Waals surface area (Å²) < 4.78 is 17.5. The van der Waals surface area contributed by atoms with Crippen LogP contribution in [0.15, 0.2) is 6.33 Å². The van der Waals surface area contributed by atoms with Crippen LogP contribution in [0.5, 0.6) is 0 Å². The van der Waals surface area contributed by atoms with Crippen LogP contribution in [0.4, 0.5) is 11.8 Å². The molecule has 24 heavy (non-hydrogen) atoms. The van der Waals surface area contributed by atoms with E-state index in [2.05, 4.69) is 27.2 Å². The minimum atomic E-state index is -4.16. The minimum absolute atomic E-state index is 0.127. The van der Waals surface area contributed by atoms with Crippen LogP contribution in [0.2, 0.25) is 0 Å². The SMILES string of the molecule is CC(Nc1nc(N)nc2c1ncn2CCOCP(=O)(O)O)C1CC1. The lowest BCUT2D eigenvalue weighted by molar-refractivity contribution is 0.149. The zero-order valence-corrected chi connectivity index (χ0v) is 14.2. The Labute approximate surface area is 138 Å². The summed E-state index contributed by atoms with van der Waals surface area (Å²) in [5.74, 6) is 1.40. The quantitative estimate of drug-likeness (QED) is 0.397. The van der Waals surface area contributed by atoms with Gasteiger partial charge >= 0.3 is 7.60 Å². The molecule has 1 saturated carbocycles. The smallest absolute Gasteiger partial charge is 0.350 e. The lowest BCUT2D eigenvalue weighted by Crippen LogP contribution is -2.19. The largest absolute Gasteiger partial charge is 0.368 e. The summed E-state index contributed by atoms with van der Waals surface area (Å²) in [7, 11) is -4.16. The van der Waals surface area contributed by atoms with E-state index in [1.165, 1.54) is 12.8 Å². The second-order valence-electron chi connectivity index (χ2n) is 6.01. The third kappa shape index (κ3) is 4.21. The van der Waals surface area contributed by atoms with Crippen molar-refractivity contribution in [2.75, 3.05) is 24.0 Å². The van der Waals surface area contributed by atoms with Crippen molar-refractivity contribution < 1.29 is 19.1 Å². The third-order valence-electron chi connectivity index (χ3n) is 3.91. The highest BCUT2D eigenvalue weighted by Gasteiger charge is 2.28. The van der Waals surface area contributed by atoms with Crippen LogP contribution in [0.1, 0.15) is 19.8 Å². The Morgan fingerprint density at radius 1 is 1.50 bits per heavy atom. The van der Waals surface area contributed by atoms with Gasteiger partial charge in [-0.15, -0.1) is 0 Å². The molecule has 1 aliphatic carbocycles. The highest BCUT2D eigenvalue weighted by Crippen LogP contribution is 2.35. The van der Waals surface area contributed by atoms with Gasteiger partial charge in [-0.2, -0.15) is 9.97 Å². The number of nitrogens with two attached hydrogens (primary N) is 1.